The zero-order valence-electron chi connectivity index (χ0n) is 9.97. The van der Waals surface area contributed by atoms with E-state index in [2.05, 4.69) is 44.6 Å². The minimum Gasteiger partial charge on any atom is -0.347 e. The Hall–Kier alpha value is -0.700. The fraction of sp³-hybridized carbons (Fsp3) is 0.545. The van der Waals surface area contributed by atoms with Gasteiger partial charge in [0.1, 0.15) is 9.48 Å². The van der Waals surface area contributed by atoms with Gasteiger partial charge >= 0.3 is 0 Å². The van der Waals surface area contributed by atoms with E-state index in [4.69, 9.17) is 0 Å². The van der Waals surface area contributed by atoms with Crippen molar-refractivity contribution >= 4 is 49.8 Å². The highest BCUT2D eigenvalue weighted by molar-refractivity contribution is 14.1. The van der Waals surface area contributed by atoms with Gasteiger partial charge in [-0.3, -0.25) is 4.79 Å². The Morgan fingerprint density at radius 3 is 2.89 bits per heavy atom. The van der Waals surface area contributed by atoms with Crippen LogP contribution >= 0.6 is 33.9 Å². The van der Waals surface area contributed by atoms with Gasteiger partial charge in [0, 0.05) is 25.9 Å². The first-order chi connectivity index (χ1) is 8.65. The number of imidazole rings is 1. The van der Waals surface area contributed by atoms with Crippen molar-refractivity contribution in [2.75, 3.05) is 11.9 Å². The third-order valence-electron chi connectivity index (χ3n) is 3.40. The number of halogens is 1. The van der Waals surface area contributed by atoms with E-state index in [1.807, 2.05) is 10.7 Å². The molecular formula is C11H13IN4OS. The molecule has 0 aliphatic heterocycles. The van der Waals surface area contributed by atoms with Crippen LogP contribution in [0.4, 0.5) is 5.13 Å². The molecule has 0 bridgehead atoms. The molecule has 5 nitrogen and oxygen atoms in total. The lowest BCUT2D eigenvalue weighted by atomic mass is 9.94. The molecule has 96 valence electrons. The number of Topliss-reactive ketones (excluding diaryl/α,β-unsaturated/α-hetero) is 1. The predicted molar refractivity (Wildman–Crippen MR) is 79.2 cm³/mol. The average Bonchev–Trinajstić information content (AvgIpc) is 2.92. The lowest BCUT2D eigenvalue weighted by Gasteiger charge is -2.29. The van der Waals surface area contributed by atoms with Crippen molar-refractivity contribution in [2.45, 2.75) is 31.7 Å². The number of ketones is 1. The predicted octanol–water partition coefficient (Wildman–Crippen LogP) is 2.34. The summed E-state index contributed by atoms with van der Waals surface area (Å²) in [5, 5.41) is 5.55. The van der Waals surface area contributed by atoms with Crippen molar-refractivity contribution in [1.29, 1.82) is 0 Å². The van der Waals surface area contributed by atoms with Crippen LogP contribution in [0.1, 0.15) is 25.7 Å². The summed E-state index contributed by atoms with van der Waals surface area (Å²) in [7, 11) is 2.06. The molecule has 2 aromatic heterocycles. The summed E-state index contributed by atoms with van der Waals surface area (Å²) in [4.78, 5) is 18.7. The summed E-state index contributed by atoms with van der Waals surface area (Å²) in [5.74, 6) is 0.392. The molecule has 7 heteroatoms. The van der Waals surface area contributed by atoms with Gasteiger partial charge in [-0.05, 0) is 35.4 Å². The van der Waals surface area contributed by atoms with Gasteiger partial charge in [-0.2, -0.15) is 4.52 Å². The van der Waals surface area contributed by atoms with E-state index < -0.39 is 0 Å². The van der Waals surface area contributed by atoms with Crippen molar-refractivity contribution in [1.82, 2.24) is 14.6 Å². The first kappa shape index (κ1) is 12.3. The zero-order valence-corrected chi connectivity index (χ0v) is 12.9. The lowest BCUT2D eigenvalue weighted by Crippen LogP contribution is -2.35. The Morgan fingerprint density at radius 2 is 2.22 bits per heavy atom. The van der Waals surface area contributed by atoms with Crippen LogP contribution in [0.2, 0.25) is 0 Å². The lowest BCUT2D eigenvalue weighted by molar-refractivity contribution is -0.120. The number of aromatic nitrogens is 3. The Morgan fingerprint density at radius 1 is 1.50 bits per heavy atom. The smallest absolute Gasteiger partial charge is 0.214 e. The molecule has 0 unspecified atom stereocenters. The maximum absolute atomic E-state index is 11.3. The van der Waals surface area contributed by atoms with Gasteiger partial charge in [0.05, 0.1) is 6.20 Å². The number of hydrogen-bond acceptors (Lipinski definition) is 5. The Balaban J connectivity index is 1.82. The molecule has 18 heavy (non-hydrogen) atoms. The molecule has 1 aliphatic rings. The van der Waals surface area contributed by atoms with E-state index in [0.717, 1.165) is 26.6 Å². The molecule has 3 rings (SSSR count). The molecule has 1 saturated carbocycles. The summed E-state index contributed by atoms with van der Waals surface area (Å²) < 4.78 is 2.89. The second-order valence-corrected chi connectivity index (χ2v) is 6.58. The number of nitrogens with zero attached hydrogens (tertiary/aromatic N) is 4. The Kier molecular flexibility index (Phi) is 3.27. The Labute approximate surface area is 122 Å². The fourth-order valence-electron chi connectivity index (χ4n) is 2.27. The van der Waals surface area contributed by atoms with Gasteiger partial charge in [0.2, 0.25) is 10.1 Å². The monoisotopic (exact) mass is 376 g/mol. The fourth-order valence-corrected chi connectivity index (χ4v) is 3.82. The van der Waals surface area contributed by atoms with Crippen molar-refractivity contribution < 1.29 is 4.79 Å². The number of carbonyl (C=O) groups excluding carboxylic acids is 1. The van der Waals surface area contributed by atoms with Crippen LogP contribution in [0, 0.1) is 3.70 Å². The second kappa shape index (κ2) is 4.76. The van der Waals surface area contributed by atoms with E-state index in [1.165, 1.54) is 0 Å². The molecule has 1 aliphatic carbocycles. The van der Waals surface area contributed by atoms with Crippen LogP contribution in [-0.2, 0) is 4.79 Å². The minimum absolute atomic E-state index is 0.392. The van der Waals surface area contributed by atoms with Crippen LogP contribution in [0.25, 0.3) is 4.96 Å². The molecule has 0 radical (unpaired) electrons. The largest absolute Gasteiger partial charge is 0.347 e. The van der Waals surface area contributed by atoms with Crippen LogP contribution in [0.15, 0.2) is 6.20 Å². The zero-order chi connectivity index (χ0) is 12.7. The summed E-state index contributed by atoms with van der Waals surface area (Å²) in [6.45, 7) is 0. The van der Waals surface area contributed by atoms with Gasteiger partial charge in [-0.15, -0.1) is 5.10 Å². The highest BCUT2D eigenvalue weighted by atomic mass is 127. The summed E-state index contributed by atoms with van der Waals surface area (Å²) >= 11 is 3.83. The van der Waals surface area contributed by atoms with Gasteiger partial charge in [-0.1, -0.05) is 11.3 Å². The van der Waals surface area contributed by atoms with Gasteiger partial charge in [0.25, 0.3) is 0 Å². The molecule has 1 fully saturated rings. The highest BCUT2D eigenvalue weighted by Gasteiger charge is 2.24. The minimum atomic E-state index is 0.392. The highest BCUT2D eigenvalue weighted by Crippen LogP contribution is 2.28. The number of fused-ring (bicyclic) bond motifs is 1. The van der Waals surface area contributed by atoms with Crippen LogP contribution < -0.4 is 4.90 Å². The number of hydrogen-bond donors (Lipinski definition) is 0. The molecule has 0 N–H and O–H groups in total. The van der Waals surface area contributed by atoms with E-state index >= 15 is 0 Å². The Bertz CT molecular complexity index is 583. The van der Waals surface area contributed by atoms with Gasteiger partial charge in [0.15, 0.2) is 0 Å². The third-order valence-corrected chi connectivity index (χ3v) is 5.14. The average molecular weight is 376 g/mol. The third kappa shape index (κ3) is 2.13. The van der Waals surface area contributed by atoms with Crippen molar-refractivity contribution in [3.8, 4) is 0 Å². The molecule has 0 saturated heterocycles. The van der Waals surface area contributed by atoms with Crippen molar-refractivity contribution in [3.05, 3.63) is 9.90 Å². The topological polar surface area (TPSA) is 50.5 Å². The molecule has 0 amide bonds. The maximum atomic E-state index is 11.3. The molecule has 2 heterocycles. The van der Waals surface area contributed by atoms with Crippen molar-refractivity contribution in [3.63, 3.8) is 0 Å². The summed E-state index contributed by atoms with van der Waals surface area (Å²) in [5.41, 5.74) is 0. The van der Waals surface area contributed by atoms with E-state index in [9.17, 15) is 4.79 Å². The number of anilines is 1. The number of rotatable bonds is 2. The SMILES string of the molecule is CN(c1nn2c(I)cnc2s1)C1CCC(=O)CC1. The van der Waals surface area contributed by atoms with Crippen LogP contribution in [-0.4, -0.2) is 33.5 Å². The summed E-state index contributed by atoms with van der Waals surface area (Å²) in [6.07, 6.45) is 5.11. The van der Waals surface area contributed by atoms with Crippen LogP contribution in [0.5, 0.6) is 0 Å². The maximum Gasteiger partial charge on any atom is 0.214 e. The first-order valence-corrected chi connectivity index (χ1v) is 7.79. The molecular weight excluding hydrogens is 363 g/mol. The van der Waals surface area contributed by atoms with E-state index in [-0.39, 0.29) is 0 Å². The quantitative estimate of drug-likeness (QED) is 0.756. The van der Waals surface area contributed by atoms with Crippen LogP contribution in [0.3, 0.4) is 0 Å². The number of carbonyl (C=O) groups is 1. The molecule has 0 spiro atoms. The van der Waals surface area contributed by atoms with E-state index in [1.54, 1.807) is 11.3 Å². The molecule has 0 aromatic carbocycles. The summed E-state index contributed by atoms with van der Waals surface area (Å²) in [6, 6.07) is 0.427. The van der Waals surface area contributed by atoms with Gasteiger partial charge < -0.3 is 4.90 Å². The normalized spacial score (nSPS) is 17.6. The molecule has 0 atom stereocenters. The molecule has 2 aromatic rings. The van der Waals surface area contributed by atoms with Gasteiger partial charge in [-0.25, -0.2) is 4.98 Å². The standard InChI is InChI=1S/C11H13IN4OS/c1-15(7-2-4-8(17)5-3-7)11-14-16-9(12)6-13-10(16)18-11/h6-7H,2-5H2,1H3. The first-order valence-electron chi connectivity index (χ1n) is 5.90. The van der Waals surface area contributed by atoms with E-state index in [0.29, 0.717) is 24.7 Å². The van der Waals surface area contributed by atoms with Crippen molar-refractivity contribution in [2.24, 2.45) is 0 Å². The second-order valence-electron chi connectivity index (χ2n) is 4.54.